The third kappa shape index (κ3) is 5.27. The molecule has 2 amide bonds. The summed E-state index contributed by atoms with van der Waals surface area (Å²) in [5.74, 6) is -0.957. The zero-order valence-electron chi connectivity index (χ0n) is 14.9. The van der Waals surface area contributed by atoms with Gasteiger partial charge in [0.15, 0.2) is 0 Å². The minimum atomic E-state index is -0.506. The van der Waals surface area contributed by atoms with Gasteiger partial charge in [-0.05, 0) is 51.8 Å². The van der Waals surface area contributed by atoms with Gasteiger partial charge in [-0.1, -0.05) is 48.5 Å². The zero-order valence-corrected chi connectivity index (χ0v) is 16.4. The fourth-order valence-corrected chi connectivity index (χ4v) is 3.20. The highest BCUT2D eigenvalue weighted by atomic mass is 79.9. The first-order chi connectivity index (χ1) is 13.5. The maximum Gasteiger partial charge on any atom is 0.251 e. The monoisotopic (exact) mass is 440 g/mol. The van der Waals surface area contributed by atoms with Gasteiger partial charge in [-0.25, -0.2) is 4.39 Å². The average molecular weight is 441 g/mol. The Bertz CT molecular complexity index is 965. The molecule has 142 valence electrons. The van der Waals surface area contributed by atoms with E-state index in [1.54, 1.807) is 24.3 Å². The predicted octanol–water partition coefficient (Wildman–Crippen LogP) is 5.09. The van der Waals surface area contributed by atoms with E-state index in [1.807, 2.05) is 36.4 Å². The van der Waals surface area contributed by atoms with Crippen LogP contribution in [-0.2, 0) is 4.79 Å². The number of hydrogen-bond acceptors (Lipinski definition) is 2. The largest absolute Gasteiger partial charge is 0.345 e. The van der Waals surface area contributed by atoms with Crippen LogP contribution in [0.2, 0.25) is 0 Å². The van der Waals surface area contributed by atoms with E-state index in [2.05, 4.69) is 26.6 Å². The minimum absolute atomic E-state index is 0.0341. The third-order valence-electron chi connectivity index (χ3n) is 4.14. The van der Waals surface area contributed by atoms with Gasteiger partial charge in [-0.15, -0.1) is 0 Å². The Balaban J connectivity index is 1.75. The molecule has 0 saturated heterocycles. The number of rotatable bonds is 6. The normalized spacial score (nSPS) is 11.5. The lowest BCUT2D eigenvalue weighted by atomic mass is 10.0. The Morgan fingerprint density at radius 1 is 0.929 bits per heavy atom. The van der Waals surface area contributed by atoms with Crippen molar-refractivity contribution in [1.82, 2.24) is 5.32 Å². The van der Waals surface area contributed by atoms with Crippen molar-refractivity contribution >= 4 is 33.4 Å². The summed E-state index contributed by atoms with van der Waals surface area (Å²) in [5.41, 5.74) is 1.80. The van der Waals surface area contributed by atoms with E-state index in [-0.39, 0.29) is 18.2 Å². The molecule has 0 radical (unpaired) electrons. The summed E-state index contributed by atoms with van der Waals surface area (Å²) in [4.78, 5) is 25.1. The van der Waals surface area contributed by atoms with Crippen molar-refractivity contribution in [3.05, 3.63) is 100 Å². The number of carbonyl (C=O) groups excluding carboxylic acids is 2. The first kappa shape index (κ1) is 19.8. The number of amides is 2. The molecule has 0 aromatic heterocycles. The maximum absolute atomic E-state index is 13.2. The zero-order chi connectivity index (χ0) is 19.9. The topological polar surface area (TPSA) is 58.2 Å². The summed E-state index contributed by atoms with van der Waals surface area (Å²) < 4.78 is 13.7. The molecule has 28 heavy (non-hydrogen) atoms. The molecule has 0 aliphatic carbocycles. The lowest BCUT2D eigenvalue weighted by Gasteiger charge is -2.19. The summed E-state index contributed by atoms with van der Waals surface area (Å²) >= 11 is 3.23. The van der Waals surface area contributed by atoms with E-state index in [4.69, 9.17) is 0 Å². The summed E-state index contributed by atoms with van der Waals surface area (Å²) in [5, 5.41) is 5.67. The highest BCUT2D eigenvalue weighted by Crippen LogP contribution is 2.24. The van der Waals surface area contributed by atoms with Crippen LogP contribution in [-0.4, -0.2) is 11.8 Å². The van der Waals surface area contributed by atoms with Gasteiger partial charge in [0.1, 0.15) is 5.82 Å². The third-order valence-corrected chi connectivity index (χ3v) is 4.79. The summed E-state index contributed by atoms with van der Waals surface area (Å²) in [6, 6.07) is 21.6. The molecule has 1 unspecified atom stereocenters. The fourth-order valence-electron chi connectivity index (χ4n) is 2.75. The van der Waals surface area contributed by atoms with Gasteiger partial charge in [-0.3, -0.25) is 9.59 Å². The Morgan fingerprint density at radius 2 is 1.57 bits per heavy atom. The van der Waals surface area contributed by atoms with Crippen LogP contribution < -0.4 is 10.6 Å². The maximum atomic E-state index is 13.2. The Kier molecular flexibility index (Phi) is 6.55. The first-order valence-corrected chi connectivity index (χ1v) is 9.48. The number of hydrogen-bond donors (Lipinski definition) is 2. The highest BCUT2D eigenvalue weighted by molar-refractivity contribution is 9.10. The SMILES string of the molecule is O=C(CC(NC(=O)c1ccccc1)c1ccccc1)Nc1ccc(F)cc1Br. The van der Waals surface area contributed by atoms with Gasteiger partial charge < -0.3 is 10.6 Å². The second-order valence-electron chi connectivity index (χ2n) is 6.18. The lowest BCUT2D eigenvalue weighted by molar-refractivity contribution is -0.116. The number of anilines is 1. The second-order valence-corrected chi connectivity index (χ2v) is 7.03. The summed E-state index contributed by atoms with van der Waals surface area (Å²) in [7, 11) is 0. The van der Waals surface area contributed by atoms with Crippen LogP contribution in [0.25, 0.3) is 0 Å². The van der Waals surface area contributed by atoms with E-state index in [1.165, 1.54) is 18.2 Å². The predicted molar refractivity (Wildman–Crippen MR) is 110 cm³/mol. The fraction of sp³-hybridized carbons (Fsp3) is 0.0909. The van der Waals surface area contributed by atoms with Gasteiger partial charge in [0, 0.05) is 10.0 Å². The van der Waals surface area contributed by atoms with Crippen LogP contribution in [0.1, 0.15) is 28.4 Å². The molecule has 6 heteroatoms. The van der Waals surface area contributed by atoms with Crippen molar-refractivity contribution in [3.63, 3.8) is 0 Å². The molecule has 0 aliphatic heterocycles. The van der Waals surface area contributed by atoms with Gasteiger partial charge in [0.25, 0.3) is 5.91 Å². The molecule has 3 rings (SSSR count). The molecule has 0 heterocycles. The van der Waals surface area contributed by atoms with E-state index in [0.29, 0.717) is 15.7 Å². The average Bonchev–Trinajstić information content (AvgIpc) is 2.71. The van der Waals surface area contributed by atoms with Crippen LogP contribution in [0.5, 0.6) is 0 Å². The van der Waals surface area contributed by atoms with Crippen LogP contribution >= 0.6 is 15.9 Å². The highest BCUT2D eigenvalue weighted by Gasteiger charge is 2.19. The van der Waals surface area contributed by atoms with Crippen molar-refractivity contribution in [2.24, 2.45) is 0 Å². The molecule has 0 spiro atoms. The van der Waals surface area contributed by atoms with Crippen LogP contribution in [0.3, 0.4) is 0 Å². The Labute approximate surface area is 170 Å². The van der Waals surface area contributed by atoms with Crippen molar-refractivity contribution in [2.45, 2.75) is 12.5 Å². The van der Waals surface area contributed by atoms with Crippen molar-refractivity contribution in [3.8, 4) is 0 Å². The molecule has 0 bridgehead atoms. The van der Waals surface area contributed by atoms with Crippen molar-refractivity contribution in [1.29, 1.82) is 0 Å². The first-order valence-electron chi connectivity index (χ1n) is 8.68. The summed E-state index contributed by atoms with van der Waals surface area (Å²) in [6.07, 6.45) is 0.0341. The minimum Gasteiger partial charge on any atom is -0.345 e. The molecule has 0 saturated carbocycles. The van der Waals surface area contributed by atoms with E-state index in [9.17, 15) is 14.0 Å². The van der Waals surface area contributed by atoms with Gasteiger partial charge in [-0.2, -0.15) is 0 Å². The van der Waals surface area contributed by atoms with Gasteiger partial charge >= 0.3 is 0 Å². The Morgan fingerprint density at radius 3 is 2.21 bits per heavy atom. The van der Waals surface area contributed by atoms with Gasteiger partial charge in [0.2, 0.25) is 5.91 Å². The van der Waals surface area contributed by atoms with E-state index < -0.39 is 11.9 Å². The molecule has 0 aliphatic rings. The standard InChI is InChI=1S/C22H18BrFN2O2/c23-18-13-17(24)11-12-19(18)25-21(27)14-20(15-7-3-1-4-8-15)26-22(28)16-9-5-2-6-10-16/h1-13,20H,14H2,(H,25,27)(H,26,28). The number of halogens is 2. The lowest BCUT2D eigenvalue weighted by Crippen LogP contribution is -2.31. The second kappa shape index (κ2) is 9.28. The van der Waals surface area contributed by atoms with Gasteiger partial charge in [0.05, 0.1) is 18.2 Å². The molecule has 2 N–H and O–H groups in total. The van der Waals surface area contributed by atoms with E-state index in [0.717, 1.165) is 5.56 Å². The molecular weight excluding hydrogens is 423 g/mol. The Hall–Kier alpha value is -2.99. The molecule has 1 atom stereocenters. The molecule has 3 aromatic carbocycles. The van der Waals surface area contributed by atoms with Crippen LogP contribution in [0, 0.1) is 5.82 Å². The molecular formula is C22H18BrFN2O2. The molecule has 4 nitrogen and oxygen atoms in total. The van der Waals surface area contributed by atoms with Crippen LogP contribution in [0.4, 0.5) is 10.1 Å². The number of benzene rings is 3. The van der Waals surface area contributed by atoms with E-state index >= 15 is 0 Å². The quantitative estimate of drug-likeness (QED) is 0.560. The van der Waals surface area contributed by atoms with Crippen LogP contribution in [0.15, 0.2) is 83.3 Å². The molecule has 0 fully saturated rings. The summed E-state index contributed by atoms with van der Waals surface area (Å²) in [6.45, 7) is 0. The smallest absolute Gasteiger partial charge is 0.251 e. The molecule has 3 aromatic rings. The number of carbonyl (C=O) groups is 2. The van der Waals surface area contributed by atoms with Crippen molar-refractivity contribution < 1.29 is 14.0 Å². The van der Waals surface area contributed by atoms with Crippen molar-refractivity contribution in [2.75, 3.05) is 5.32 Å². The number of nitrogens with one attached hydrogen (secondary N) is 2.